The smallest absolute Gasteiger partial charge is 0.314 e. The van der Waals surface area contributed by atoms with Gasteiger partial charge in [-0.15, -0.1) is 11.6 Å². The first-order valence-corrected chi connectivity index (χ1v) is 5.34. The predicted molar refractivity (Wildman–Crippen MR) is 60.1 cm³/mol. The van der Waals surface area contributed by atoms with Crippen LogP contribution in [0.2, 0.25) is 0 Å². The summed E-state index contributed by atoms with van der Waals surface area (Å²) in [5.74, 6) is 0.424. The zero-order chi connectivity index (χ0) is 10.9. The highest BCUT2D eigenvalue weighted by molar-refractivity contribution is 6.18. The van der Waals surface area contributed by atoms with Gasteiger partial charge in [-0.05, 0) is 12.1 Å². The Hall–Kier alpha value is -1.29. The fourth-order valence-electron chi connectivity index (χ4n) is 1.07. The molecule has 0 unspecified atom stereocenters. The van der Waals surface area contributed by atoms with Crippen molar-refractivity contribution in [3.63, 3.8) is 0 Å². The van der Waals surface area contributed by atoms with E-state index in [9.17, 15) is 4.79 Å². The molecule has 15 heavy (non-hydrogen) atoms. The van der Waals surface area contributed by atoms with Crippen LogP contribution in [0.15, 0.2) is 24.4 Å². The van der Waals surface area contributed by atoms with Crippen molar-refractivity contribution < 1.29 is 4.79 Å². The van der Waals surface area contributed by atoms with Gasteiger partial charge in [-0.25, -0.2) is 4.79 Å². The van der Waals surface area contributed by atoms with Crippen molar-refractivity contribution in [3.05, 3.63) is 30.1 Å². The van der Waals surface area contributed by atoms with Crippen molar-refractivity contribution in [3.8, 4) is 0 Å². The summed E-state index contributed by atoms with van der Waals surface area (Å²) >= 11 is 5.42. The molecule has 82 valence electrons. The molecule has 0 aromatic carbocycles. The van der Waals surface area contributed by atoms with Gasteiger partial charge in [-0.2, -0.15) is 0 Å². The van der Waals surface area contributed by atoms with E-state index in [1.807, 2.05) is 18.2 Å². The van der Waals surface area contributed by atoms with Crippen LogP contribution in [-0.2, 0) is 6.42 Å². The molecule has 0 fully saturated rings. The highest BCUT2D eigenvalue weighted by Crippen LogP contribution is 1.92. The lowest BCUT2D eigenvalue weighted by Crippen LogP contribution is -2.37. The van der Waals surface area contributed by atoms with Crippen molar-refractivity contribution in [2.24, 2.45) is 0 Å². The summed E-state index contributed by atoms with van der Waals surface area (Å²) in [6.45, 7) is 1.06. The Bertz CT molecular complexity index is 292. The third-order valence-corrected chi connectivity index (χ3v) is 1.96. The van der Waals surface area contributed by atoms with E-state index in [0.717, 1.165) is 12.1 Å². The van der Waals surface area contributed by atoms with E-state index in [2.05, 4.69) is 15.6 Å². The summed E-state index contributed by atoms with van der Waals surface area (Å²) in [5.41, 5.74) is 0.968. The number of nitrogens with one attached hydrogen (secondary N) is 2. The number of carbonyl (C=O) groups excluding carboxylic acids is 1. The standard InChI is InChI=1S/C10H14ClN3O/c11-5-8-14-10(15)13-7-4-9-3-1-2-6-12-9/h1-3,6H,4-5,7-8H2,(H2,13,14,15). The van der Waals surface area contributed by atoms with Crippen LogP contribution in [0.3, 0.4) is 0 Å². The van der Waals surface area contributed by atoms with Crippen molar-refractivity contribution >= 4 is 17.6 Å². The largest absolute Gasteiger partial charge is 0.338 e. The molecule has 2 amide bonds. The average Bonchev–Trinajstić information content (AvgIpc) is 2.28. The number of aromatic nitrogens is 1. The third kappa shape index (κ3) is 5.22. The molecule has 0 saturated heterocycles. The van der Waals surface area contributed by atoms with Crippen molar-refractivity contribution in [1.82, 2.24) is 15.6 Å². The van der Waals surface area contributed by atoms with Gasteiger partial charge >= 0.3 is 6.03 Å². The summed E-state index contributed by atoms with van der Waals surface area (Å²) in [7, 11) is 0. The lowest BCUT2D eigenvalue weighted by atomic mass is 10.3. The summed E-state index contributed by atoms with van der Waals surface area (Å²) in [6.07, 6.45) is 2.47. The predicted octanol–water partition coefficient (Wildman–Crippen LogP) is 1.16. The number of hydrogen-bond acceptors (Lipinski definition) is 2. The number of nitrogens with zero attached hydrogens (tertiary/aromatic N) is 1. The van der Waals surface area contributed by atoms with E-state index in [-0.39, 0.29) is 6.03 Å². The maximum Gasteiger partial charge on any atom is 0.314 e. The van der Waals surface area contributed by atoms with Gasteiger partial charge in [0.25, 0.3) is 0 Å². The van der Waals surface area contributed by atoms with Gasteiger partial charge in [0.2, 0.25) is 0 Å². The maximum absolute atomic E-state index is 11.1. The molecule has 2 N–H and O–H groups in total. The van der Waals surface area contributed by atoms with Crippen LogP contribution in [0.5, 0.6) is 0 Å². The van der Waals surface area contributed by atoms with Crippen LogP contribution in [0.1, 0.15) is 5.69 Å². The molecule has 0 atom stereocenters. The number of alkyl halides is 1. The van der Waals surface area contributed by atoms with Crippen LogP contribution < -0.4 is 10.6 Å². The Morgan fingerprint density at radius 1 is 1.33 bits per heavy atom. The molecule has 0 aliphatic rings. The van der Waals surface area contributed by atoms with Gasteiger partial charge in [-0.3, -0.25) is 4.98 Å². The van der Waals surface area contributed by atoms with Crippen molar-refractivity contribution in [2.45, 2.75) is 6.42 Å². The maximum atomic E-state index is 11.1. The molecule has 0 aliphatic heterocycles. The summed E-state index contributed by atoms with van der Waals surface area (Å²) in [4.78, 5) is 15.2. The normalized spacial score (nSPS) is 9.67. The second-order valence-electron chi connectivity index (χ2n) is 2.94. The Kier molecular flexibility index (Phi) is 5.55. The van der Waals surface area contributed by atoms with Gasteiger partial charge in [0, 0.05) is 37.3 Å². The van der Waals surface area contributed by atoms with Crippen LogP contribution in [0, 0.1) is 0 Å². The van der Waals surface area contributed by atoms with Crippen LogP contribution in [0.25, 0.3) is 0 Å². The molecule has 5 heteroatoms. The lowest BCUT2D eigenvalue weighted by Gasteiger charge is -2.05. The summed E-state index contributed by atoms with van der Waals surface area (Å²) < 4.78 is 0. The number of hydrogen-bond donors (Lipinski definition) is 2. The van der Waals surface area contributed by atoms with Crippen LogP contribution >= 0.6 is 11.6 Å². The third-order valence-electron chi connectivity index (χ3n) is 1.77. The van der Waals surface area contributed by atoms with E-state index in [1.54, 1.807) is 6.20 Å². The number of rotatable bonds is 5. The monoisotopic (exact) mass is 227 g/mol. The highest BCUT2D eigenvalue weighted by Gasteiger charge is 1.98. The van der Waals surface area contributed by atoms with Gasteiger partial charge < -0.3 is 10.6 Å². The fourth-order valence-corrected chi connectivity index (χ4v) is 1.17. The molecule has 0 radical (unpaired) electrons. The number of pyridine rings is 1. The minimum absolute atomic E-state index is 0.188. The number of amides is 2. The van der Waals surface area contributed by atoms with Gasteiger partial charge in [0.15, 0.2) is 0 Å². The Labute approximate surface area is 94.0 Å². The second-order valence-corrected chi connectivity index (χ2v) is 3.32. The molecule has 0 spiro atoms. The molecule has 1 heterocycles. The molecule has 0 saturated carbocycles. The zero-order valence-electron chi connectivity index (χ0n) is 8.37. The molecule has 1 aromatic rings. The molecule has 4 nitrogen and oxygen atoms in total. The first-order chi connectivity index (χ1) is 7.33. The van der Waals surface area contributed by atoms with Crippen molar-refractivity contribution in [2.75, 3.05) is 19.0 Å². The number of halogens is 1. The molecular weight excluding hydrogens is 214 g/mol. The summed E-state index contributed by atoms with van der Waals surface area (Å²) in [5, 5.41) is 5.33. The Morgan fingerprint density at radius 3 is 2.80 bits per heavy atom. The SMILES string of the molecule is O=C(NCCCl)NCCc1ccccn1. The lowest BCUT2D eigenvalue weighted by molar-refractivity contribution is 0.241. The average molecular weight is 228 g/mol. The topological polar surface area (TPSA) is 54.0 Å². The van der Waals surface area contributed by atoms with Gasteiger partial charge in [-0.1, -0.05) is 6.07 Å². The molecule has 1 rings (SSSR count). The van der Waals surface area contributed by atoms with E-state index >= 15 is 0 Å². The number of urea groups is 1. The van der Waals surface area contributed by atoms with E-state index < -0.39 is 0 Å². The number of carbonyl (C=O) groups is 1. The zero-order valence-corrected chi connectivity index (χ0v) is 9.13. The Morgan fingerprint density at radius 2 is 2.13 bits per heavy atom. The fraction of sp³-hybridized carbons (Fsp3) is 0.400. The quantitative estimate of drug-likeness (QED) is 0.742. The minimum Gasteiger partial charge on any atom is -0.338 e. The van der Waals surface area contributed by atoms with Gasteiger partial charge in [0.05, 0.1) is 0 Å². The molecule has 0 aliphatic carbocycles. The van der Waals surface area contributed by atoms with E-state index in [1.165, 1.54) is 0 Å². The van der Waals surface area contributed by atoms with Gasteiger partial charge in [0.1, 0.15) is 0 Å². The minimum atomic E-state index is -0.188. The van der Waals surface area contributed by atoms with E-state index in [4.69, 9.17) is 11.6 Å². The van der Waals surface area contributed by atoms with Crippen LogP contribution in [0.4, 0.5) is 4.79 Å². The van der Waals surface area contributed by atoms with Crippen molar-refractivity contribution in [1.29, 1.82) is 0 Å². The highest BCUT2D eigenvalue weighted by atomic mass is 35.5. The first kappa shape index (κ1) is 11.8. The van der Waals surface area contributed by atoms with Crippen LogP contribution in [-0.4, -0.2) is 30.0 Å². The van der Waals surface area contributed by atoms with E-state index in [0.29, 0.717) is 19.0 Å². The summed E-state index contributed by atoms with van der Waals surface area (Å²) in [6, 6.07) is 5.53. The Balaban J connectivity index is 2.14. The molecule has 0 bridgehead atoms. The molecular formula is C10H14ClN3O. The molecule has 1 aromatic heterocycles. The first-order valence-electron chi connectivity index (χ1n) is 4.80. The second kappa shape index (κ2) is 7.06.